The number of halogens is 2. The van der Waals surface area contributed by atoms with E-state index in [-0.39, 0.29) is 45.3 Å². The van der Waals surface area contributed by atoms with E-state index in [0.29, 0.717) is 54.6 Å². The third kappa shape index (κ3) is 7.92. The van der Waals surface area contributed by atoms with E-state index < -0.39 is 72.1 Å². The fourth-order valence-corrected chi connectivity index (χ4v) is 10.2. The van der Waals surface area contributed by atoms with Crippen LogP contribution in [0.1, 0.15) is 36.0 Å². The summed E-state index contributed by atoms with van der Waals surface area (Å²) in [5.74, 6) is -1.42. The summed E-state index contributed by atoms with van der Waals surface area (Å²) in [6.07, 6.45) is 0. The van der Waals surface area contributed by atoms with Gasteiger partial charge in [-0.05, 0) is 143 Å². The van der Waals surface area contributed by atoms with E-state index in [9.17, 15) is 5.48 Å². The number of para-hydroxylation sites is 2. The maximum absolute atomic E-state index is 18.4. The number of rotatable bonds is 10. The molecule has 12 rings (SSSR count). The van der Waals surface area contributed by atoms with E-state index in [2.05, 4.69) is 0 Å². The summed E-state index contributed by atoms with van der Waals surface area (Å²) in [4.78, 5) is 2.83. The Balaban J connectivity index is 1.19. The molecule has 0 fully saturated rings. The fourth-order valence-electron chi connectivity index (χ4n) is 10.2. The Morgan fingerprint density at radius 2 is 0.681 bits per heavy atom. The van der Waals surface area contributed by atoms with E-state index in [4.69, 9.17) is 8.22 Å². The summed E-state index contributed by atoms with van der Waals surface area (Å²) in [6.45, 7) is 7.73. The van der Waals surface area contributed by atoms with Gasteiger partial charge in [-0.1, -0.05) is 192 Å². The fraction of sp³-hybridized carbons (Fsp3) is 0.0588. The molecule has 0 spiro atoms. The van der Waals surface area contributed by atoms with Gasteiger partial charge in [0.05, 0.1) is 36.5 Å². The largest absolute Gasteiger partial charge is 0.307 e. The number of nitrogens with zero attached hydrogens (tertiary/aromatic N) is 2. The second-order valence-corrected chi connectivity index (χ2v) is 18.4. The maximum Gasteiger partial charge on any atom is 0.155 e. The first kappa shape index (κ1) is 34.4. The molecular weight excluding hydrogens is 883 g/mol. The maximum atomic E-state index is 18.4. The summed E-state index contributed by atoms with van der Waals surface area (Å²) in [5.41, 5.74) is 7.72. The molecule has 0 amide bonds. The first-order valence-electron chi connectivity index (χ1n) is 28.7. The lowest BCUT2D eigenvalue weighted by Crippen LogP contribution is -2.14. The van der Waals surface area contributed by atoms with Crippen LogP contribution in [0.15, 0.2) is 230 Å². The van der Waals surface area contributed by atoms with E-state index in [1.54, 1.807) is 48.5 Å². The second kappa shape index (κ2) is 18.1. The molecule has 0 aromatic heterocycles. The van der Waals surface area contributed by atoms with Crippen molar-refractivity contribution in [1.82, 2.24) is 0 Å². The van der Waals surface area contributed by atoms with Gasteiger partial charge < -0.3 is 9.80 Å². The third-order valence-electron chi connectivity index (χ3n) is 13.5. The molecule has 72 heavy (non-hydrogen) atoms. The van der Waals surface area contributed by atoms with Crippen molar-refractivity contribution in [2.75, 3.05) is 9.80 Å². The summed E-state index contributed by atoms with van der Waals surface area (Å²) < 4.78 is 128. The average Bonchev–Trinajstić information content (AvgIpc) is 3.65. The molecule has 0 radical (unpaired) electrons. The van der Waals surface area contributed by atoms with Crippen molar-refractivity contribution < 1.29 is 22.5 Å². The molecule has 0 atom stereocenters. The normalized spacial score (nSPS) is 13.4. The Kier molecular flexibility index (Phi) is 8.68. The SMILES string of the molecule is [2H]c1c([2H])c([2H])c(N(c2cc(-c3cccc(C)c3)cc(-c3cccc(C)c3)c2F)c2ccc3ccc4c(N(c5cc(-c6cccc(C)c6)cc(-c6cccc(C)c6)c5F)c5c([2H])c([2H])c([2H])c([2H])c5[2H])ccc5ccc2c3c54)c([2H])c1[2H]. The van der Waals surface area contributed by atoms with E-state index in [1.807, 2.05) is 149 Å². The van der Waals surface area contributed by atoms with Gasteiger partial charge in [-0.25, -0.2) is 8.78 Å². The van der Waals surface area contributed by atoms with Gasteiger partial charge in [0.15, 0.2) is 11.6 Å². The minimum Gasteiger partial charge on any atom is -0.307 e. The quantitative estimate of drug-likeness (QED) is 0.126. The molecule has 0 aliphatic rings. The summed E-state index contributed by atoms with van der Waals surface area (Å²) in [7, 11) is 0. The Morgan fingerprint density at radius 1 is 0.333 bits per heavy atom. The molecule has 12 aromatic carbocycles. The first-order chi connectivity index (χ1) is 39.3. The summed E-state index contributed by atoms with van der Waals surface area (Å²) >= 11 is 0. The zero-order valence-corrected chi connectivity index (χ0v) is 39.8. The zero-order valence-electron chi connectivity index (χ0n) is 49.8. The van der Waals surface area contributed by atoms with Crippen LogP contribution < -0.4 is 9.80 Å². The molecule has 0 saturated carbocycles. The molecule has 0 aliphatic heterocycles. The van der Waals surface area contributed by atoms with Crippen molar-refractivity contribution in [3.8, 4) is 44.5 Å². The van der Waals surface area contributed by atoms with Gasteiger partial charge in [-0.15, -0.1) is 0 Å². The van der Waals surface area contributed by atoms with Gasteiger partial charge >= 0.3 is 0 Å². The van der Waals surface area contributed by atoms with Gasteiger partial charge in [0.2, 0.25) is 0 Å². The Labute approximate surface area is 433 Å². The van der Waals surface area contributed by atoms with Crippen LogP contribution in [0.5, 0.6) is 0 Å². The zero-order chi connectivity index (χ0) is 57.7. The van der Waals surface area contributed by atoms with Gasteiger partial charge in [-0.2, -0.15) is 0 Å². The van der Waals surface area contributed by atoms with Crippen molar-refractivity contribution >= 4 is 66.4 Å². The van der Waals surface area contributed by atoms with Gasteiger partial charge in [0.25, 0.3) is 0 Å². The Morgan fingerprint density at radius 3 is 1.06 bits per heavy atom. The number of aryl methyl sites for hydroxylation is 4. The topological polar surface area (TPSA) is 6.48 Å². The predicted molar refractivity (Wildman–Crippen MR) is 300 cm³/mol. The van der Waals surface area contributed by atoms with Crippen molar-refractivity contribution in [3.05, 3.63) is 264 Å². The van der Waals surface area contributed by atoms with Crippen LogP contribution >= 0.6 is 0 Å². The van der Waals surface area contributed by atoms with Crippen molar-refractivity contribution in [1.29, 1.82) is 0 Å². The monoisotopic (exact) mass is 942 g/mol. The number of anilines is 6. The molecule has 0 unspecified atom stereocenters. The van der Waals surface area contributed by atoms with Gasteiger partial charge in [0.1, 0.15) is 0 Å². The molecule has 0 saturated heterocycles. The lowest BCUT2D eigenvalue weighted by molar-refractivity contribution is 0.632. The molecule has 12 aromatic rings. The Hall–Kier alpha value is -8.86. The summed E-state index contributed by atoms with van der Waals surface area (Å²) in [6, 6.07) is 45.7. The van der Waals surface area contributed by atoms with Gasteiger partial charge in [0, 0.05) is 33.3 Å². The lowest BCUT2D eigenvalue weighted by Gasteiger charge is -2.30. The standard InChI is InChI=1S/C68H50F2N2/c1-43-15-11-19-49(35-43)53-39-59(51-21-13-17-45(3)37-51)67(69)63(41-53)71(55-23-7-5-8-24-55)61-33-29-47-28-32-58-62(34-30-48-27-31-57(61)65(47)66(48)58)72(56-25-9-6-10-26-56)64-42-54(50-20-12-16-44(2)36-50)40-60(68(64)70)52-22-14-18-46(4)38-52/h5-42H,1-4H3/i5D,6D,7D,8D,9D,10D,23D,24D,25D,26D. The molecule has 0 N–H and O–H groups in total. The molecule has 4 heteroatoms. The molecular formula is C68H50F2N2. The van der Waals surface area contributed by atoms with Crippen LogP contribution in [-0.2, 0) is 0 Å². The number of hydrogen-bond donors (Lipinski definition) is 0. The predicted octanol–water partition coefficient (Wildman–Crippen LogP) is 19.7. The van der Waals surface area contributed by atoms with Crippen molar-refractivity contribution in [3.63, 3.8) is 0 Å². The highest BCUT2D eigenvalue weighted by molar-refractivity contribution is 6.28. The molecule has 0 aliphatic carbocycles. The molecule has 346 valence electrons. The highest BCUT2D eigenvalue weighted by Crippen LogP contribution is 2.50. The average molecular weight is 943 g/mol. The van der Waals surface area contributed by atoms with Crippen LogP contribution in [-0.4, -0.2) is 0 Å². The Bertz CT molecular complexity index is 4290. The highest BCUT2D eigenvalue weighted by Gasteiger charge is 2.27. The smallest absolute Gasteiger partial charge is 0.155 e. The van der Waals surface area contributed by atoms with Crippen LogP contribution in [0.2, 0.25) is 0 Å². The second-order valence-electron chi connectivity index (χ2n) is 18.4. The van der Waals surface area contributed by atoms with Crippen molar-refractivity contribution in [2.24, 2.45) is 0 Å². The van der Waals surface area contributed by atoms with Crippen LogP contribution in [0.3, 0.4) is 0 Å². The van der Waals surface area contributed by atoms with Crippen LogP contribution in [0.25, 0.3) is 76.8 Å². The third-order valence-corrected chi connectivity index (χ3v) is 13.5. The van der Waals surface area contributed by atoms with Crippen LogP contribution in [0.4, 0.5) is 42.9 Å². The van der Waals surface area contributed by atoms with Gasteiger partial charge in [-0.3, -0.25) is 0 Å². The van der Waals surface area contributed by atoms with Crippen molar-refractivity contribution in [2.45, 2.75) is 27.7 Å². The minimum absolute atomic E-state index is 0.0921. The number of hydrogen-bond acceptors (Lipinski definition) is 2. The van der Waals surface area contributed by atoms with E-state index in [0.717, 1.165) is 33.4 Å². The first-order valence-corrected chi connectivity index (χ1v) is 23.7. The van der Waals surface area contributed by atoms with Crippen LogP contribution in [0, 0.1) is 39.3 Å². The number of benzene rings is 12. The van der Waals surface area contributed by atoms with E-state index in [1.165, 1.54) is 9.80 Å². The molecule has 0 heterocycles. The molecule has 2 nitrogen and oxygen atoms in total. The summed E-state index contributed by atoms with van der Waals surface area (Å²) in [5, 5.41) is 3.59. The van der Waals surface area contributed by atoms with E-state index >= 15 is 8.78 Å². The lowest BCUT2D eigenvalue weighted by atomic mass is 9.91. The molecule has 0 bridgehead atoms. The highest BCUT2D eigenvalue weighted by atomic mass is 19.1. The minimum atomic E-state index is -0.712.